The fourth-order valence-corrected chi connectivity index (χ4v) is 0.124. The normalized spacial score (nSPS) is 12.6. The number of hydrogen-bond acceptors (Lipinski definition) is 0. The van der Waals surface area contributed by atoms with Crippen molar-refractivity contribution in [1.29, 1.82) is 0 Å². The molecule has 0 aromatic heterocycles. The molecule has 0 saturated carbocycles. The van der Waals surface area contributed by atoms with E-state index < -0.39 is 56.6 Å². The van der Waals surface area contributed by atoms with E-state index in [0.29, 0.717) is 0 Å². The van der Waals surface area contributed by atoms with E-state index in [1.54, 1.807) is 0 Å². The zero-order chi connectivity index (χ0) is 27.9. The van der Waals surface area contributed by atoms with Crippen LogP contribution < -0.4 is 0 Å². The maximum absolute atomic E-state index is 11.2. The zero-order valence-corrected chi connectivity index (χ0v) is 14.9. The van der Waals surface area contributed by atoms with Crippen molar-refractivity contribution < 1.29 is 92.2 Å². The van der Waals surface area contributed by atoms with Gasteiger partial charge in [-0.1, -0.05) is 0 Å². The summed E-state index contributed by atoms with van der Waals surface area (Å²) in [5.41, 5.74) is 0. The van der Waals surface area contributed by atoms with Gasteiger partial charge in [-0.3, -0.25) is 0 Å². The van der Waals surface area contributed by atoms with Crippen LogP contribution in [0.4, 0.5) is 92.2 Å². The average molecular weight is 542 g/mol. The third kappa shape index (κ3) is 35.9. The predicted molar refractivity (Wildman–Crippen MR) is 64.5 cm³/mol. The van der Waals surface area contributed by atoms with Crippen LogP contribution in [0.25, 0.3) is 0 Å². The van der Waals surface area contributed by atoms with Crippen LogP contribution in [0.1, 0.15) is 13.8 Å². The van der Waals surface area contributed by atoms with E-state index in [-0.39, 0.29) is 13.8 Å². The number of rotatable bonds is 2. The van der Waals surface area contributed by atoms with Crippen molar-refractivity contribution in [1.82, 2.24) is 0 Å². The molecule has 0 radical (unpaired) electrons. The quantitative estimate of drug-likeness (QED) is 0.307. The lowest BCUT2D eigenvalue weighted by atomic mass is 10.3. The molecular weight excluding hydrogens is 531 g/mol. The second-order valence-corrected chi connectivity index (χ2v) is 4.38. The molecule has 0 aromatic carbocycles. The van der Waals surface area contributed by atoms with Gasteiger partial charge in [-0.2, -0.15) is 70.2 Å². The smallest absolute Gasteiger partial charge is 0.245 e. The van der Waals surface area contributed by atoms with Crippen molar-refractivity contribution in [3.63, 3.8) is 0 Å². The van der Waals surface area contributed by atoms with Crippen LogP contribution in [0.5, 0.6) is 0 Å². The van der Waals surface area contributed by atoms with Crippen molar-refractivity contribution in [3.05, 3.63) is 0 Å². The monoisotopic (exact) mass is 542 g/mol. The van der Waals surface area contributed by atoms with Crippen molar-refractivity contribution in [3.8, 4) is 0 Å². The topological polar surface area (TPSA) is 0 Å². The highest BCUT2D eigenvalue weighted by molar-refractivity contribution is 4.77. The molecule has 0 heterocycles. The molecule has 32 heavy (non-hydrogen) atoms. The van der Waals surface area contributed by atoms with Gasteiger partial charge in [0.1, 0.15) is 0 Å². The van der Waals surface area contributed by atoms with Crippen LogP contribution in [0, 0.1) is 0 Å². The van der Waals surface area contributed by atoms with Gasteiger partial charge in [0.15, 0.2) is 6.67 Å². The van der Waals surface area contributed by atoms with Crippen LogP contribution in [0.3, 0.4) is 0 Å². The minimum atomic E-state index is -6.17. The molecule has 202 valence electrons. The van der Waals surface area contributed by atoms with Gasteiger partial charge in [0.25, 0.3) is 6.43 Å². The highest BCUT2D eigenvalue weighted by Crippen LogP contribution is 2.39. The Bertz CT molecular complexity index is 387. The molecule has 0 aliphatic heterocycles. The van der Waals surface area contributed by atoms with E-state index in [1.807, 2.05) is 0 Å². The highest BCUT2D eigenvalue weighted by Gasteiger charge is 2.64. The summed E-state index contributed by atoms with van der Waals surface area (Å²) in [6, 6.07) is 0. The van der Waals surface area contributed by atoms with Crippen LogP contribution in [0.2, 0.25) is 0 Å². The molecule has 0 spiro atoms. The third-order valence-electron chi connectivity index (χ3n) is 1.27. The average Bonchev–Trinajstić information content (AvgIpc) is 2.42. The number of alkyl halides is 21. The molecule has 0 fully saturated rings. The van der Waals surface area contributed by atoms with Gasteiger partial charge in [0, 0.05) is 13.8 Å². The van der Waals surface area contributed by atoms with E-state index in [9.17, 15) is 92.2 Å². The molecule has 0 nitrogen and oxygen atoms in total. The molecule has 0 atom stereocenters. The Balaban J connectivity index is -0.0000000994. The predicted octanol–water partition coefficient (Wildman–Crippen LogP) is 8.62. The molecule has 0 saturated heterocycles. The first-order valence-electron chi connectivity index (χ1n) is 6.45. The van der Waals surface area contributed by atoms with Crippen molar-refractivity contribution in [2.75, 3.05) is 6.67 Å². The van der Waals surface area contributed by atoms with E-state index in [4.69, 9.17) is 0 Å². The van der Waals surface area contributed by atoms with Crippen LogP contribution in [-0.2, 0) is 0 Å². The minimum Gasteiger partial charge on any atom is -0.245 e. The second kappa shape index (κ2) is 16.2. The Labute approximate surface area is 164 Å². The summed E-state index contributed by atoms with van der Waals surface area (Å²) in [5.74, 6) is -10.5. The maximum Gasteiger partial charge on any atom is 0.459 e. The van der Waals surface area contributed by atoms with Crippen LogP contribution in [0.15, 0.2) is 0 Å². The Morgan fingerprint density at radius 3 is 0.688 bits per heavy atom. The number of halogens is 21. The standard InChI is InChI=1S/C3HF7.C3H3F5.2C2H3F3.CHF3/c4-1(5)2(6,7)3(8,9)10;1-2(4,5)3(6,7)8;1-2(3,4)5;3-1-2(4)5;2-1(3)4/h1H;1H3;1H3;2H,1H2;1H. The molecule has 0 aromatic rings. The maximum atomic E-state index is 11.2. The zero-order valence-electron chi connectivity index (χ0n) is 14.9. The van der Waals surface area contributed by atoms with Crippen LogP contribution in [-0.4, -0.2) is 56.6 Å². The Morgan fingerprint density at radius 1 is 0.531 bits per heavy atom. The Hall–Kier alpha value is -1.47. The lowest BCUT2D eigenvalue weighted by Crippen LogP contribution is -2.42. The Morgan fingerprint density at radius 2 is 0.688 bits per heavy atom. The summed E-state index contributed by atoms with van der Waals surface area (Å²) in [7, 11) is 0. The SMILES string of the molecule is CC(F)(F)C(F)(F)F.CC(F)(F)F.FC(F)C(F)(F)C(F)(F)F.FC(F)F.FCC(F)F. The van der Waals surface area contributed by atoms with Gasteiger partial charge in [0.2, 0.25) is 0 Å². The fraction of sp³-hybridized carbons (Fsp3) is 1.00. The van der Waals surface area contributed by atoms with Gasteiger partial charge in [-0.15, -0.1) is 0 Å². The molecule has 21 heteroatoms. The van der Waals surface area contributed by atoms with Gasteiger partial charge < -0.3 is 0 Å². The summed E-state index contributed by atoms with van der Waals surface area (Å²) in [5, 5.41) is 0. The molecular formula is C11H11F21. The lowest BCUT2D eigenvalue weighted by molar-refractivity contribution is -0.320. The van der Waals surface area contributed by atoms with Crippen molar-refractivity contribution in [2.24, 2.45) is 0 Å². The molecule has 0 amide bonds. The fourth-order valence-electron chi connectivity index (χ4n) is 0.124. The summed E-state index contributed by atoms with van der Waals surface area (Å²) < 4.78 is 222. The summed E-state index contributed by atoms with van der Waals surface area (Å²) in [4.78, 5) is 0. The second-order valence-electron chi connectivity index (χ2n) is 4.38. The van der Waals surface area contributed by atoms with E-state index >= 15 is 0 Å². The van der Waals surface area contributed by atoms with Crippen molar-refractivity contribution in [2.45, 2.75) is 63.8 Å². The third-order valence-corrected chi connectivity index (χ3v) is 1.27. The van der Waals surface area contributed by atoms with E-state index in [0.717, 1.165) is 0 Å². The molecule has 0 rings (SSSR count). The van der Waals surface area contributed by atoms with Crippen molar-refractivity contribution >= 4 is 0 Å². The molecule has 0 bridgehead atoms. The lowest BCUT2D eigenvalue weighted by Gasteiger charge is -2.17. The largest absolute Gasteiger partial charge is 0.459 e. The highest BCUT2D eigenvalue weighted by atomic mass is 19.4. The first kappa shape index (κ1) is 40.8. The summed E-state index contributed by atoms with van der Waals surface area (Å²) >= 11 is 0. The van der Waals surface area contributed by atoms with Gasteiger partial charge in [-0.05, 0) is 0 Å². The van der Waals surface area contributed by atoms with Gasteiger partial charge in [-0.25, -0.2) is 22.0 Å². The molecule has 0 N–H and O–H groups in total. The Kier molecular flexibility index (Phi) is 20.7. The van der Waals surface area contributed by atoms with E-state index in [1.165, 1.54) is 0 Å². The van der Waals surface area contributed by atoms with E-state index in [2.05, 4.69) is 0 Å². The molecule has 0 unspecified atom stereocenters. The molecule has 0 aliphatic carbocycles. The minimum absolute atomic E-state index is 0.188. The summed E-state index contributed by atoms with van der Waals surface area (Å²) in [6.45, 7) is -5.19. The van der Waals surface area contributed by atoms with Gasteiger partial charge in [0.05, 0.1) is 0 Å². The number of hydrogen-bond donors (Lipinski definition) is 0. The molecule has 0 aliphatic rings. The summed E-state index contributed by atoms with van der Waals surface area (Å²) in [6.07, 6.45) is -23.0. The van der Waals surface area contributed by atoms with Gasteiger partial charge >= 0.3 is 43.5 Å². The first-order valence-corrected chi connectivity index (χ1v) is 6.45. The first-order chi connectivity index (χ1) is 13.4. The van der Waals surface area contributed by atoms with Crippen LogP contribution >= 0.6 is 0 Å².